The number of H-pyrrole nitrogens is 1. The van der Waals surface area contributed by atoms with Crippen LogP contribution in [0.3, 0.4) is 0 Å². The largest absolute Gasteiger partial charge is 0.334 e. The van der Waals surface area contributed by atoms with E-state index in [0.717, 1.165) is 25.7 Å². The molecule has 1 aliphatic heterocycles. The van der Waals surface area contributed by atoms with Gasteiger partial charge in [0, 0.05) is 18.3 Å². The molecule has 0 unspecified atom stereocenters. The van der Waals surface area contributed by atoms with E-state index in [4.69, 9.17) is 0 Å². The molecule has 5 nitrogen and oxygen atoms in total. The van der Waals surface area contributed by atoms with Gasteiger partial charge >= 0.3 is 0 Å². The highest BCUT2D eigenvalue weighted by Crippen LogP contribution is 2.22. The molecule has 1 aromatic carbocycles. The van der Waals surface area contributed by atoms with Crippen LogP contribution in [0, 0.1) is 13.8 Å². The van der Waals surface area contributed by atoms with Crippen molar-refractivity contribution in [1.29, 1.82) is 0 Å². The highest BCUT2D eigenvalue weighted by Gasteiger charge is 2.30. The number of aromatic nitrogens is 2. The standard InChI is InChI=1S/C19H23N3O2/c1-13-14(2)21-18(23)17(20-13)19(24)22-11-7-6-10-16(22)12-15-8-4-3-5-9-15/h3-5,8-9,16H,6-7,10-12H2,1-2H3,(H,21,23)/t16-/m0/s1. The fourth-order valence-corrected chi connectivity index (χ4v) is 3.27. The fraction of sp³-hybridized carbons (Fsp3) is 0.421. The SMILES string of the molecule is Cc1nc(C(=O)N2CCCC[C@H]2Cc2ccccc2)c(=O)[nH]c1C. The minimum atomic E-state index is -0.396. The third-order valence-corrected chi connectivity index (χ3v) is 4.74. The average Bonchev–Trinajstić information content (AvgIpc) is 2.59. The van der Waals surface area contributed by atoms with Gasteiger partial charge in [0.15, 0.2) is 5.69 Å². The molecule has 0 saturated carbocycles. The quantitative estimate of drug-likeness (QED) is 0.943. The van der Waals surface area contributed by atoms with E-state index in [9.17, 15) is 9.59 Å². The number of amides is 1. The van der Waals surface area contributed by atoms with Crippen molar-refractivity contribution in [3.05, 3.63) is 63.3 Å². The zero-order chi connectivity index (χ0) is 17.1. The summed E-state index contributed by atoms with van der Waals surface area (Å²) in [6.45, 7) is 4.28. The summed E-state index contributed by atoms with van der Waals surface area (Å²) in [6.07, 6.45) is 3.86. The highest BCUT2D eigenvalue weighted by molar-refractivity contribution is 5.92. The maximum atomic E-state index is 12.9. The third kappa shape index (κ3) is 3.40. The number of aryl methyl sites for hydroxylation is 2. The molecule has 1 N–H and O–H groups in total. The van der Waals surface area contributed by atoms with Crippen molar-refractivity contribution in [3.8, 4) is 0 Å². The molecule has 1 aromatic heterocycles. The van der Waals surface area contributed by atoms with Gasteiger partial charge in [-0.2, -0.15) is 0 Å². The lowest BCUT2D eigenvalue weighted by atomic mass is 9.95. The molecule has 2 heterocycles. The van der Waals surface area contributed by atoms with E-state index in [1.165, 1.54) is 5.56 Å². The Kier molecular flexibility index (Phi) is 4.79. The van der Waals surface area contributed by atoms with Gasteiger partial charge in [0.25, 0.3) is 11.5 Å². The highest BCUT2D eigenvalue weighted by atomic mass is 16.2. The smallest absolute Gasteiger partial charge is 0.279 e. The number of likely N-dealkylation sites (tertiary alicyclic amines) is 1. The molecule has 0 aliphatic carbocycles. The van der Waals surface area contributed by atoms with Gasteiger partial charge in [-0.3, -0.25) is 9.59 Å². The van der Waals surface area contributed by atoms with Crippen molar-refractivity contribution in [3.63, 3.8) is 0 Å². The van der Waals surface area contributed by atoms with Crippen LogP contribution in [0.5, 0.6) is 0 Å². The lowest BCUT2D eigenvalue weighted by Gasteiger charge is -2.35. The number of nitrogens with zero attached hydrogens (tertiary/aromatic N) is 2. The molecule has 0 spiro atoms. The summed E-state index contributed by atoms with van der Waals surface area (Å²) >= 11 is 0. The van der Waals surface area contributed by atoms with E-state index >= 15 is 0 Å². The normalized spacial score (nSPS) is 17.8. The first-order chi connectivity index (χ1) is 11.6. The second-order valence-corrected chi connectivity index (χ2v) is 6.46. The van der Waals surface area contributed by atoms with Gasteiger partial charge in [-0.1, -0.05) is 30.3 Å². The fourth-order valence-electron chi connectivity index (χ4n) is 3.27. The van der Waals surface area contributed by atoms with Gasteiger partial charge < -0.3 is 9.88 Å². The van der Waals surface area contributed by atoms with E-state index < -0.39 is 5.56 Å². The Morgan fingerprint density at radius 2 is 2.00 bits per heavy atom. The zero-order valence-electron chi connectivity index (χ0n) is 14.2. The molecule has 24 heavy (non-hydrogen) atoms. The molecule has 2 aromatic rings. The summed E-state index contributed by atoms with van der Waals surface area (Å²) in [4.78, 5) is 33.9. The number of hydrogen-bond donors (Lipinski definition) is 1. The maximum Gasteiger partial charge on any atom is 0.279 e. The number of benzene rings is 1. The number of aromatic amines is 1. The molecule has 1 fully saturated rings. The number of carbonyl (C=O) groups excluding carboxylic acids is 1. The van der Waals surface area contributed by atoms with E-state index in [2.05, 4.69) is 22.1 Å². The summed E-state index contributed by atoms with van der Waals surface area (Å²) in [5.41, 5.74) is 2.22. The summed E-state index contributed by atoms with van der Waals surface area (Å²) in [6, 6.07) is 10.3. The molecule has 1 saturated heterocycles. The van der Waals surface area contributed by atoms with Crippen LogP contribution in [-0.4, -0.2) is 33.4 Å². The number of piperidine rings is 1. The van der Waals surface area contributed by atoms with Crippen molar-refractivity contribution in [2.45, 2.75) is 45.6 Å². The Morgan fingerprint density at radius 1 is 1.25 bits per heavy atom. The van der Waals surface area contributed by atoms with Crippen LogP contribution in [0.2, 0.25) is 0 Å². The summed E-state index contributed by atoms with van der Waals surface area (Å²) < 4.78 is 0. The molecule has 1 amide bonds. The molecule has 0 radical (unpaired) electrons. The van der Waals surface area contributed by atoms with Gasteiger partial charge in [0.05, 0.1) is 5.69 Å². The van der Waals surface area contributed by atoms with Crippen LogP contribution < -0.4 is 5.56 Å². The first-order valence-electron chi connectivity index (χ1n) is 8.48. The summed E-state index contributed by atoms with van der Waals surface area (Å²) in [5, 5.41) is 0. The molecule has 1 aliphatic rings. The monoisotopic (exact) mass is 325 g/mol. The van der Waals surface area contributed by atoms with Crippen molar-refractivity contribution < 1.29 is 4.79 Å². The third-order valence-electron chi connectivity index (χ3n) is 4.74. The van der Waals surface area contributed by atoms with Crippen molar-refractivity contribution in [2.75, 3.05) is 6.54 Å². The zero-order valence-corrected chi connectivity index (χ0v) is 14.2. The molecule has 0 bridgehead atoms. The Hall–Kier alpha value is -2.43. The Balaban J connectivity index is 1.86. The summed E-state index contributed by atoms with van der Waals surface area (Å²) in [7, 11) is 0. The minimum Gasteiger partial charge on any atom is -0.334 e. The lowest BCUT2D eigenvalue weighted by Crippen LogP contribution is -2.46. The predicted octanol–water partition coefficient (Wildman–Crippen LogP) is 2.62. The van der Waals surface area contributed by atoms with E-state index in [1.807, 2.05) is 23.1 Å². The Bertz CT molecular complexity index is 783. The Morgan fingerprint density at radius 3 is 2.75 bits per heavy atom. The van der Waals surface area contributed by atoms with Crippen molar-refractivity contribution in [2.24, 2.45) is 0 Å². The van der Waals surface area contributed by atoms with E-state index in [-0.39, 0.29) is 17.6 Å². The number of hydrogen-bond acceptors (Lipinski definition) is 3. The number of rotatable bonds is 3. The maximum absolute atomic E-state index is 12.9. The van der Waals surface area contributed by atoms with Gasteiger partial charge in [0.2, 0.25) is 0 Å². The van der Waals surface area contributed by atoms with Crippen LogP contribution in [0.15, 0.2) is 35.1 Å². The van der Waals surface area contributed by atoms with Crippen LogP contribution in [-0.2, 0) is 6.42 Å². The van der Waals surface area contributed by atoms with Gasteiger partial charge in [-0.25, -0.2) is 4.98 Å². The van der Waals surface area contributed by atoms with Gasteiger partial charge in [0.1, 0.15) is 0 Å². The number of carbonyl (C=O) groups is 1. The van der Waals surface area contributed by atoms with Crippen LogP contribution in [0.1, 0.15) is 46.7 Å². The van der Waals surface area contributed by atoms with Gasteiger partial charge in [-0.15, -0.1) is 0 Å². The van der Waals surface area contributed by atoms with E-state index in [1.54, 1.807) is 13.8 Å². The molecule has 5 heteroatoms. The second-order valence-electron chi connectivity index (χ2n) is 6.46. The topological polar surface area (TPSA) is 66.1 Å². The van der Waals surface area contributed by atoms with Crippen LogP contribution in [0.25, 0.3) is 0 Å². The molecular formula is C19H23N3O2. The van der Waals surface area contributed by atoms with Crippen molar-refractivity contribution >= 4 is 5.91 Å². The van der Waals surface area contributed by atoms with Crippen LogP contribution in [0.4, 0.5) is 0 Å². The average molecular weight is 325 g/mol. The second kappa shape index (κ2) is 6.99. The van der Waals surface area contributed by atoms with Crippen molar-refractivity contribution in [1.82, 2.24) is 14.9 Å². The first-order valence-corrected chi connectivity index (χ1v) is 8.48. The predicted molar refractivity (Wildman–Crippen MR) is 93.2 cm³/mol. The number of nitrogens with one attached hydrogen (secondary N) is 1. The first kappa shape index (κ1) is 16.4. The van der Waals surface area contributed by atoms with Gasteiger partial charge in [-0.05, 0) is 45.1 Å². The van der Waals surface area contributed by atoms with E-state index in [0.29, 0.717) is 17.9 Å². The minimum absolute atomic E-state index is 0.0121. The Labute approximate surface area is 141 Å². The molecule has 3 rings (SSSR count). The molecule has 1 atom stereocenters. The lowest BCUT2D eigenvalue weighted by molar-refractivity contribution is 0.0605. The summed E-state index contributed by atoms with van der Waals surface area (Å²) in [5.74, 6) is -0.250. The molecular weight excluding hydrogens is 302 g/mol. The van der Waals surface area contributed by atoms with Crippen LogP contribution >= 0.6 is 0 Å². The molecule has 126 valence electrons.